The number of hydrogen-bond donors (Lipinski definition) is 2. The second kappa shape index (κ2) is 27.7. The van der Waals surface area contributed by atoms with Gasteiger partial charge in [0.15, 0.2) is 17.4 Å². The molecule has 13 heteroatoms. The maximum Gasteiger partial charge on any atom is 1.00 e. The van der Waals surface area contributed by atoms with Crippen LogP contribution < -0.4 is 146 Å². The molecule has 0 bridgehead atoms. The number of carbonyl (C=O) groups excluding carboxylic acids is 2. The Morgan fingerprint density at radius 1 is 1.18 bits per heavy atom. The quantitative estimate of drug-likeness (QED) is 0.105. The number of halogens is 2. The van der Waals surface area contributed by atoms with Crippen LogP contribution in [0.25, 0.3) is 0 Å². The fraction of sp³-hybridized carbons (Fsp3) is 0.350. The molecule has 0 saturated carbocycles. The van der Waals surface area contributed by atoms with Gasteiger partial charge in [0.2, 0.25) is 0 Å². The molecule has 4 rings (SSSR count). The van der Waals surface area contributed by atoms with Gasteiger partial charge in [-0.25, -0.2) is 0 Å². The first-order valence-electron chi connectivity index (χ1n) is 8.78. The average Bonchev–Trinajstić information content (AvgIpc) is 3.54. The number of nitrogens with zero attached hydrogens (tertiary/aromatic N) is 3. The van der Waals surface area contributed by atoms with Crippen molar-refractivity contribution in [1.29, 1.82) is 5.26 Å². The van der Waals surface area contributed by atoms with Crippen LogP contribution in [0.3, 0.4) is 0 Å². The molecular weight excluding hydrogens is 662 g/mol. The minimum absolute atomic E-state index is 0. The van der Waals surface area contributed by atoms with Crippen LogP contribution in [0.2, 0.25) is 0 Å². The van der Waals surface area contributed by atoms with E-state index in [-0.39, 0.29) is 177 Å². The van der Waals surface area contributed by atoms with Crippen LogP contribution in [0, 0.1) is 23.5 Å². The zero-order chi connectivity index (χ0) is 21.5. The van der Waals surface area contributed by atoms with E-state index in [2.05, 4.69) is 38.3 Å². The third-order valence-corrected chi connectivity index (χ3v) is 4.36. The first kappa shape index (κ1) is 42.8. The van der Waals surface area contributed by atoms with E-state index in [0.717, 1.165) is 26.2 Å². The summed E-state index contributed by atoms with van der Waals surface area (Å²) < 4.78 is 0. The molecule has 2 amide bonds. The van der Waals surface area contributed by atoms with Crippen LogP contribution in [0.1, 0.15) is 22.1 Å². The van der Waals surface area contributed by atoms with E-state index >= 15 is 0 Å². The van der Waals surface area contributed by atoms with Crippen molar-refractivity contribution in [2.24, 2.45) is 5.73 Å². The number of nitriles is 1. The fourth-order valence-electron chi connectivity index (χ4n) is 2.30. The second-order valence-corrected chi connectivity index (χ2v) is 6.41. The van der Waals surface area contributed by atoms with Crippen LogP contribution in [0.15, 0.2) is 36.4 Å². The third-order valence-electron chi connectivity index (χ3n) is 3.74. The molecule has 0 unspecified atom stereocenters. The Morgan fingerprint density at radius 2 is 1.73 bits per heavy atom. The topological polar surface area (TPSA) is 102 Å². The van der Waals surface area contributed by atoms with E-state index in [9.17, 15) is 9.59 Å². The molecule has 0 saturated heterocycles. The van der Waals surface area contributed by atoms with Gasteiger partial charge in [-0.05, 0) is 25.2 Å². The van der Waals surface area contributed by atoms with E-state index in [0.29, 0.717) is 17.8 Å². The van der Waals surface area contributed by atoms with Crippen molar-refractivity contribution < 1.29 is 146 Å². The number of carbonyl (C=O) groups is 2. The van der Waals surface area contributed by atoms with Gasteiger partial charge in [0.25, 0.3) is 11.8 Å². The number of fused-ring (bicyclic) bond motifs is 1. The van der Waals surface area contributed by atoms with Crippen molar-refractivity contribution in [3.05, 3.63) is 59.7 Å². The van der Waals surface area contributed by atoms with Gasteiger partial charge in [-0.3, -0.25) is 26.6 Å². The van der Waals surface area contributed by atoms with Crippen LogP contribution in [0.4, 0.5) is 0 Å². The van der Waals surface area contributed by atoms with Gasteiger partial charge in [0.05, 0.1) is 22.7 Å². The SMILES string of the molecule is N#CCCl.NCN1C[C-]=CC1.O=C1c2ccccc2C(=O)N1CBr.[AlH3].[C-]1=CCNC1.[H-].[Li+].[Rb+].[Rb+]. The Kier molecular flexibility index (Phi) is 36.0. The summed E-state index contributed by atoms with van der Waals surface area (Å²) in [7, 11) is 0. The Bertz CT molecular complexity index is 745. The molecule has 0 radical (unpaired) electrons. The van der Waals surface area contributed by atoms with Crippen LogP contribution in [-0.4, -0.2) is 83.2 Å². The Balaban J connectivity index is -0.000000116. The van der Waals surface area contributed by atoms with Gasteiger partial charge in [-0.1, -0.05) is 28.1 Å². The van der Waals surface area contributed by atoms with Gasteiger partial charge in [0, 0.05) is 6.67 Å². The predicted molar refractivity (Wildman–Crippen MR) is 127 cm³/mol. The number of imide groups is 1. The van der Waals surface area contributed by atoms with Gasteiger partial charge >= 0.3 is 135 Å². The number of benzene rings is 1. The molecule has 3 aliphatic heterocycles. The summed E-state index contributed by atoms with van der Waals surface area (Å²) in [6, 6.07) is 8.53. The number of amides is 2. The van der Waals surface area contributed by atoms with Gasteiger partial charge < -0.3 is 29.5 Å². The number of nitrogens with one attached hydrogen (secondary N) is 1. The monoisotopic (exact) mass is 687 g/mol. The Labute approximate surface area is 332 Å². The first-order chi connectivity index (χ1) is 14.1. The van der Waals surface area contributed by atoms with Crippen molar-refractivity contribution in [3.8, 4) is 6.07 Å². The summed E-state index contributed by atoms with van der Waals surface area (Å²) >= 11 is 7.93. The van der Waals surface area contributed by atoms with Crippen molar-refractivity contribution >= 4 is 56.7 Å². The van der Waals surface area contributed by atoms with E-state index in [1.807, 2.05) is 12.2 Å². The molecule has 3 aliphatic rings. The van der Waals surface area contributed by atoms with E-state index in [4.69, 9.17) is 22.6 Å². The second-order valence-electron chi connectivity index (χ2n) is 5.64. The van der Waals surface area contributed by atoms with Crippen molar-refractivity contribution in [1.82, 2.24) is 15.1 Å². The first-order valence-corrected chi connectivity index (χ1v) is 10.4. The van der Waals surface area contributed by atoms with Gasteiger partial charge in [-0.15, -0.1) is 24.7 Å². The van der Waals surface area contributed by atoms with E-state index < -0.39 is 0 Å². The molecule has 0 fully saturated rings. The standard InChI is InChI=1S/C9H6BrNO2.C5H9N2.C4H6N.C2H2ClN.Al.Li.2Rb.4H/c10-5-11-8(12)6-3-1-2-4-7(6)9(11)13;6-5-7-3-1-2-4-7;1-2-4-5-3-1;3-1-2-4;;;;;;;;/h1-4H,5H2;1H,3-6H2;1,5H,3-4H2;1H2;;;;;;;;/q;2*-1;;;3*+1;;;;-1. The number of rotatable bonds is 2. The summed E-state index contributed by atoms with van der Waals surface area (Å²) in [4.78, 5) is 26.3. The maximum atomic E-state index is 11.5. The minimum atomic E-state index is -0.225. The summed E-state index contributed by atoms with van der Waals surface area (Å²) in [5.41, 5.74) is 6.53. The molecule has 1 aromatic carbocycles. The maximum absolute atomic E-state index is 11.5. The number of alkyl halides is 2. The van der Waals surface area contributed by atoms with Gasteiger partial charge in [-0.2, -0.15) is 5.26 Å². The van der Waals surface area contributed by atoms with E-state index in [1.165, 1.54) is 4.90 Å². The van der Waals surface area contributed by atoms with Crippen LogP contribution in [0.5, 0.6) is 0 Å². The van der Waals surface area contributed by atoms with Crippen molar-refractivity contribution in [3.63, 3.8) is 0 Å². The molecule has 0 aliphatic carbocycles. The molecule has 1 aromatic rings. The normalized spacial score (nSPS) is 14.2. The van der Waals surface area contributed by atoms with Crippen LogP contribution >= 0.6 is 27.5 Å². The number of hydrogen-bond acceptors (Lipinski definition) is 6. The Hall–Kier alpha value is 2.72. The molecule has 3 N–H and O–H groups in total. The summed E-state index contributed by atoms with van der Waals surface area (Å²) in [6.07, 6.45) is 10.0. The fourth-order valence-corrected chi connectivity index (χ4v) is 2.75. The molecule has 164 valence electrons. The largest absolute Gasteiger partial charge is 1.00 e. The number of nitrogens with two attached hydrogens (primary N) is 1. The van der Waals surface area contributed by atoms with Crippen LogP contribution in [-0.2, 0) is 0 Å². The molecular formula is C20H27AlBrClLiN5O2Rb2. The van der Waals surface area contributed by atoms with Crippen molar-refractivity contribution in [2.45, 2.75) is 0 Å². The molecule has 0 atom stereocenters. The van der Waals surface area contributed by atoms with E-state index in [1.54, 1.807) is 30.3 Å². The molecule has 7 nitrogen and oxygen atoms in total. The zero-order valence-electron chi connectivity index (χ0n) is 19.9. The predicted octanol–water partition coefficient (Wildman–Crippen LogP) is -8.15. The average molecular weight is 690 g/mol. The molecule has 3 heterocycles. The zero-order valence-corrected chi connectivity index (χ0v) is 31.1. The smallest absolute Gasteiger partial charge is 1.00 e. The molecule has 0 spiro atoms. The molecule has 0 aromatic heterocycles. The Morgan fingerprint density at radius 3 is 1.97 bits per heavy atom. The summed E-state index contributed by atoms with van der Waals surface area (Å²) in [5, 5.41) is 10.5. The minimum Gasteiger partial charge on any atom is -1.00 e. The van der Waals surface area contributed by atoms with Crippen molar-refractivity contribution in [2.75, 3.05) is 44.2 Å². The van der Waals surface area contributed by atoms with Gasteiger partial charge in [0.1, 0.15) is 5.88 Å². The summed E-state index contributed by atoms with van der Waals surface area (Å²) in [6.45, 7) is 4.51. The third kappa shape index (κ3) is 17.0. The summed E-state index contributed by atoms with van der Waals surface area (Å²) in [5.74, 6) is -0.352. The molecule has 33 heavy (non-hydrogen) atoms.